The molecule has 2 saturated heterocycles. The van der Waals surface area contributed by atoms with Gasteiger partial charge in [0.05, 0.1) is 0 Å². The van der Waals surface area contributed by atoms with Gasteiger partial charge in [0, 0.05) is 45.6 Å². The van der Waals surface area contributed by atoms with Gasteiger partial charge in [0.25, 0.3) is 11.8 Å². The number of nitrogens with two attached hydrogens (primary N) is 1. The van der Waals surface area contributed by atoms with Crippen LogP contribution in [0.4, 0.5) is 0 Å². The Labute approximate surface area is 220 Å². The first-order chi connectivity index (χ1) is 17.8. The van der Waals surface area contributed by atoms with Gasteiger partial charge in [-0.2, -0.15) is 0 Å². The molecule has 3 aliphatic heterocycles. The van der Waals surface area contributed by atoms with Crippen molar-refractivity contribution in [2.45, 2.75) is 64.3 Å². The van der Waals surface area contributed by atoms with Gasteiger partial charge in [0.2, 0.25) is 5.91 Å². The molecular formula is C28H41N5O4. The number of amides is 3. The van der Waals surface area contributed by atoms with E-state index in [4.69, 9.17) is 15.5 Å². The topological polar surface area (TPSA) is 109 Å². The number of hydrogen-bond donors (Lipinski definition) is 1. The molecule has 0 aliphatic carbocycles. The van der Waals surface area contributed by atoms with E-state index >= 15 is 0 Å². The van der Waals surface area contributed by atoms with Crippen LogP contribution in [0.3, 0.4) is 0 Å². The summed E-state index contributed by atoms with van der Waals surface area (Å²) in [5, 5.41) is 0. The molecular weight excluding hydrogens is 470 g/mol. The average molecular weight is 512 g/mol. The third kappa shape index (κ3) is 6.08. The van der Waals surface area contributed by atoms with Crippen LogP contribution in [0.15, 0.2) is 35.3 Å². The van der Waals surface area contributed by atoms with Gasteiger partial charge in [-0.3, -0.25) is 19.3 Å². The summed E-state index contributed by atoms with van der Waals surface area (Å²) < 4.78 is 5.62. The molecule has 37 heavy (non-hydrogen) atoms. The van der Waals surface area contributed by atoms with E-state index in [0.29, 0.717) is 44.3 Å². The minimum atomic E-state index is -0.875. The lowest BCUT2D eigenvalue weighted by molar-refractivity contribution is -0.139. The highest BCUT2D eigenvalue weighted by molar-refractivity contribution is 6.07. The Kier molecular flexibility index (Phi) is 8.71. The van der Waals surface area contributed by atoms with Crippen LogP contribution in [0.1, 0.15) is 58.8 Å². The third-order valence-electron chi connectivity index (χ3n) is 8.17. The molecule has 0 spiro atoms. The van der Waals surface area contributed by atoms with Crippen molar-refractivity contribution < 1.29 is 19.1 Å². The number of benzene rings is 1. The van der Waals surface area contributed by atoms with Crippen LogP contribution in [0.5, 0.6) is 5.75 Å². The number of guanidine groups is 1. The number of carbonyl (C=O) groups excluding carboxylic acids is 3. The van der Waals surface area contributed by atoms with E-state index in [9.17, 15) is 14.4 Å². The van der Waals surface area contributed by atoms with Crippen molar-refractivity contribution in [2.24, 2.45) is 22.6 Å². The van der Waals surface area contributed by atoms with Gasteiger partial charge >= 0.3 is 0 Å². The smallest absolute Gasteiger partial charge is 0.260 e. The highest BCUT2D eigenvalue weighted by Gasteiger charge is 2.53. The number of aliphatic imine (C=N–C) groups is 1. The molecule has 2 N–H and O–H groups in total. The molecule has 0 aromatic heterocycles. The molecule has 0 bridgehead atoms. The van der Waals surface area contributed by atoms with E-state index in [1.54, 1.807) is 11.8 Å². The van der Waals surface area contributed by atoms with E-state index in [0.717, 1.165) is 45.1 Å². The normalized spacial score (nSPS) is 24.8. The molecule has 9 heteroatoms. The minimum Gasteiger partial charge on any atom is -0.484 e. The van der Waals surface area contributed by atoms with Crippen molar-refractivity contribution in [3.05, 3.63) is 30.3 Å². The van der Waals surface area contributed by atoms with Gasteiger partial charge in [-0.05, 0) is 50.2 Å². The first kappa shape index (κ1) is 26.9. The van der Waals surface area contributed by atoms with Gasteiger partial charge in [-0.1, -0.05) is 38.0 Å². The number of piperidine rings is 2. The molecule has 2 unspecified atom stereocenters. The summed E-state index contributed by atoms with van der Waals surface area (Å²) in [5.41, 5.74) is 5.52. The maximum Gasteiger partial charge on any atom is 0.260 e. The molecule has 202 valence electrons. The largest absolute Gasteiger partial charge is 0.484 e. The molecule has 1 aromatic rings. The number of carbonyl (C=O) groups is 3. The van der Waals surface area contributed by atoms with Crippen LogP contribution in [0.2, 0.25) is 0 Å². The number of para-hydroxylation sites is 1. The van der Waals surface area contributed by atoms with Gasteiger partial charge in [0.1, 0.15) is 11.3 Å². The zero-order valence-corrected chi connectivity index (χ0v) is 22.2. The first-order valence-corrected chi connectivity index (χ1v) is 13.7. The lowest BCUT2D eigenvalue weighted by atomic mass is 9.75. The molecule has 9 nitrogen and oxygen atoms in total. The number of unbranched alkanes of at least 4 members (excludes halogenated alkanes) is 1. The predicted octanol–water partition coefficient (Wildman–Crippen LogP) is 2.65. The van der Waals surface area contributed by atoms with Crippen molar-refractivity contribution in [1.29, 1.82) is 0 Å². The van der Waals surface area contributed by atoms with Crippen molar-refractivity contribution in [3.63, 3.8) is 0 Å². The second-order valence-electron chi connectivity index (χ2n) is 10.6. The second kappa shape index (κ2) is 12.0. The zero-order chi connectivity index (χ0) is 26.4. The van der Waals surface area contributed by atoms with Crippen LogP contribution < -0.4 is 10.5 Å². The summed E-state index contributed by atoms with van der Waals surface area (Å²) in [6, 6.07) is 9.34. The van der Waals surface area contributed by atoms with Gasteiger partial charge in [0.15, 0.2) is 12.6 Å². The summed E-state index contributed by atoms with van der Waals surface area (Å²) in [6.45, 7) is 6.82. The van der Waals surface area contributed by atoms with E-state index < -0.39 is 5.54 Å². The molecule has 3 amide bonds. The molecule has 4 rings (SSSR count). The monoisotopic (exact) mass is 511 g/mol. The van der Waals surface area contributed by atoms with E-state index in [1.165, 1.54) is 0 Å². The maximum absolute atomic E-state index is 13.9. The van der Waals surface area contributed by atoms with Gasteiger partial charge in [-0.25, -0.2) is 4.99 Å². The summed E-state index contributed by atoms with van der Waals surface area (Å²) in [5.74, 6) is 1.23. The summed E-state index contributed by atoms with van der Waals surface area (Å²) >= 11 is 0. The first-order valence-electron chi connectivity index (χ1n) is 13.7. The molecule has 3 aliphatic rings. The van der Waals surface area contributed by atoms with E-state index in [1.807, 2.05) is 40.1 Å². The van der Waals surface area contributed by atoms with Crippen molar-refractivity contribution in [3.8, 4) is 5.75 Å². The fourth-order valence-electron chi connectivity index (χ4n) is 5.94. The quantitative estimate of drug-likeness (QED) is 0.548. The van der Waals surface area contributed by atoms with Crippen molar-refractivity contribution >= 4 is 23.7 Å². The highest BCUT2D eigenvalue weighted by Crippen LogP contribution is 2.40. The Balaban J connectivity index is 1.35. The number of ether oxygens (including phenoxy) is 1. The van der Waals surface area contributed by atoms with E-state index in [2.05, 4.69) is 6.92 Å². The molecule has 3 heterocycles. The Morgan fingerprint density at radius 3 is 2.51 bits per heavy atom. The Morgan fingerprint density at radius 2 is 1.84 bits per heavy atom. The summed E-state index contributed by atoms with van der Waals surface area (Å²) in [4.78, 5) is 48.9. The van der Waals surface area contributed by atoms with Crippen LogP contribution in [0, 0.1) is 11.8 Å². The molecule has 2 atom stereocenters. The summed E-state index contributed by atoms with van der Waals surface area (Å²) in [6.07, 6.45) is 5.86. The third-order valence-corrected chi connectivity index (χ3v) is 8.17. The standard InChI is InChI=1S/C28H41N5O4/c1-3-4-14-28(23-9-8-15-32(19-23)21(2)34)26(36)33(27(29)30-28)18-22-12-16-31(17-13-22)25(35)20-37-24-10-6-5-7-11-24/h5-7,10-11,22-23H,3-4,8-9,12-20H2,1-2H3,(H2,29,30). The van der Waals surface area contributed by atoms with Gasteiger partial charge in [-0.15, -0.1) is 0 Å². The van der Waals surface area contributed by atoms with Crippen molar-refractivity contribution in [2.75, 3.05) is 39.3 Å². The fraction of sp³-hybridized carbons (Fsp3) is 0.643. The number of nitrogens with zero attached hydrogens (tertiary/aromatic N) is 4. The predicted molar refractivity (Wildman–Crippen MR) is 142 cm³/mol. The highest BCUT2D eigenvalue weighted by atomic mass is 16.5. The second-order valence-corrected chi connectivity index (χ2v) is 10.6. The Morgan fingerprint density at radius 1 is 1.11 bits per heavy atom. The number of hydrogen-bond acceptors (Lipinski definition) is 6. The fourth-order valence-corrected chi connectivity index (χ4v) is 5.94. The SMILES string of the molecule is CCCCC1(C2CCCN(C(C)=O)C2)N=C(N)N(CC2CCN(C(=O)COc3ccccc3)CC2)C1=O. The summed E-state index contributed by atoms with van der Waals surface area (Å²) in [7, 11) is 0. The van der Waals surface area contributed by atoms with Gasteiger partial charge < -0.3 is 20.3 Å². The van der Waals surface area contributed by atoms with Crippen LogP contribution >= 0.6 is 0 Å². The van der Waals surface area contributed by atoms with E-state index in [-0.39, 0.29) is 36.2 Å². The molecule has 1 aromatic carbocycles. The Hall–Kier alpha value is -3.10. The molecule has 0 saturated carbocycles. The lowest BCUT2D eigenvalue weighted by Gasteiger charge is -2.41. The Bertz CT molecular complexity index is 992. The molecule has 2 fully saturated rings. The maximum atomic E-state index is 13.9. The average Bonchev–Trinajstić information content (AvgIpc) is 3.16. The van der Waals surface area contributed by atoms with Crippen molar-refractivity contribution in [1.82, 2.24) is 14.7 Å². The van der Waals surface area contributed by atoms with Crippen LogP contribution in [0.25, 0.3) is 0 Å². The lowest BCUT2D eigenvalue weighted by Crippen LogP contribution is -2.54. The zero-order valence-electron chi connectivity index (χ0n) is 22.2. The minimum absolute atomic E-state index is 0.0105. The van der Waals surface area contributed by atoms with Crippen LogP contribution in [-0.4, -0.2) is 83.3 Å². The number of likely N-dealkylation sites (tertiary alicyclic amines) is 2. The number of rotatable bonds is 9. The molecule has 0 radical (unpaired) electrons. The van der Waals surface area contributed by atoms with Crippen LogP contribution in [-0.2, 0) is 14.4 Å².